The molecule has 4 saturated carbocycles. The maximum absolute atomic E-state index is 14.3. The van der Waals surface area contributed by atoms with Crippen molar-refractivity contribution in [2.75, 3.05) is 20.3 Å². The fraction of sp³-hybridized carbons (Fsp3) is 0.788. The van der Waals surface area contributed by atoms with E-state index in [0.717, 1.165) is 19.3 Å². The van der Waals surface area contributed by atoms with Gasteiger partial charge < -0.3 is 41.0 Å². The molecule has 0 aromatic rings. The van der Waals surface area contributed by atoms with Crippen molar-refractivity contribution in [1.29, 1.82) is 0 Å². The lowest BCUT2D eigenvalue weighted by Crippen LogP contribution is -2.72. The molecule has 4 rings (SSSR count). The highest BCUT2D eigenvalue weighted by atomic mass is 19.4. The zero-order chi connectivity index (χ0) is 40.2. The van der Waals surface area contributed by atoms with Gasteiger partial charge in [-0.05, 0) is 62.0 Å². The molecule has 2 bridgehead atoms. The summed E-state index contributed by atoms with van der Waals surface area (Å²) in [5.41, 5.74) is 10.0. The Bertz CT molecular complexity index is 1330. The van der Waals surface area contributed by atoms with E-state index in [0.29, 0.717) is 37.8 Å². The molecule has 4 aliphatic rings. The number of carboxylic acids is 2. The third-order valence-electron chi connectivity index (χ3n) is 10.9. The molecule has 9 atom stereocenters. The van der Waals surface area contributed by atoms with Crippen LogP contribution in [0, 0.1) is 34.0 Å². The number of esters is 2. The van der Waals surface area contributed by atoms with Gasteiger partial charge in [-0.2, -0.15) is 26.3 Å². The van der Waals surface area contributed by atoms with Crippen LogP contribution in [-0.4, -0.2) is 102 Å². The molecule has 19 heteroatoms. The van der Waals surface area contributed by atoms with E-state index in [4.69, 9.17) is 45.5 Å². The third-order valence-corrected chi connectivity index (χ3v) is 10.9. The largest absolute Gasteiger partial charge is 0.490 e. The zero-order valence-electron chi connectivity index (χ0n) is 29.3. The second-order valence-corrected chi connectivity index (χ2v) is 14.4. The fourth-order valence-electron chi connectivity index (χ4n) is 8.92. The lowest BCUT2D eigenvalue weighted by Gasteiger charge is -2.67. The number of hydrogen-bond donors (Lipinski definition) is 5. The molecule has 52 heavy (non-hydrogen) atoms. The number of carboxylic acid groups (broad SMARTS) is 2. The number of halogens is 6. The first-order chi connectivity index (χ1) is 23.8. The van der Waals surface area contributed by atoms with Crippen LogP contribution >= 0.6 is 0 Å². The Balaban J connectivity index is 0.000000564. The van der Waals surface area contributed by atoms with E-state index in [2.05, 4.69) is 20.4 Å². The van der Waals surface area contributed by atoms with E-state index < -0.39 is 83.2 Å². The van der Waals surface area contributed by atoms with Gasteiger partial charge in [0.05, 0.1) is 18.8 Å². The lowest BCUT2D eigenvalue weighted by atomic mass is 9.39. The van der Waals surface area contributed by atoms with E-state index in [1.54, 1.807) is 7.11 Å². The smallest absolute Gasteiger partial charge is 0.475 e. The highest BCUT2D eigenvalue weighted by Crippen LogP contribution is 2.72. The molecule has 1 spiro atoms. The summed E-state index contributed by atoms with van der Waals surface area (Å²) in [7, 11) is 1.58. The van der Waals surface area contributed by atoms with Crippen LogP contribution in [0.15, 0.2) is 12.2 Å². The van der Waals surface area contributed by atoms with Crippen molar-refractivity contribution in [2.45, 2.75) is 109 Å². The average Bonchev–Trinajstić information content (AvgIpc) is 3.15. The molecular formula is C33H48F6N2O11. The summed E-state index contributed by atoms with van der Waals surface area (Å²) in [5, 5.41) is 26.1. The number of rotatable bonds is 9. The summed E-state index contributed by atoms with van der Waals surface area (Å²) in [4.78, 5) is 57.4. The van der Waals surface area contributed by atoms with Gasteiger partial charge in [0, 0.05) is 31.3 Å². The van der Waals surface area contributed by atoms with Crippen molar-refractivity contribution in [3.05, 3.63) is 12.2 Å². The van der Waals surface area contributed by atoms with Crippen LogP contribution in [-0.2, 0) is 38.2 Å². The summed E-state index contributed by atoms with van der Waals surface area (Å²) in [6.45, 7) is 10.5. The second kappa shape index (κ2) is 16.8. The summed E-state index contributed by atoms with van der Waals surface area (Å²) < 4.78 is 81.5. The Morgan fingerprint density at radius 1 is 1.00 bits per heavy atom. The molecular weight excluding hydrogens is 714 g/mol. The number of aliphatic carboxylic acids is 2. The van der Waals surface area contributed by atoms with Crippen LogP contribution in [0.2, 0.25) is 0 Å². The number of unbranched alkanes of at least 4 members (excludes halogenated alkanes) is 1. The molecule has 4 aliphatic carbocycles. The number of ether oxygens (including phenoxy) is 3. The van der Waals surface area contributed by atoms with E-state index in [-0.39, 0.29) is 30.1 Å². The zero-order valence-corrected chi connectivity index (χ0v) is 29.3. The molecule has 0 radical (unpaired) electrons. The van der Waals surface area contributed by atoms with Crippen molar-refractivity contribution >= 4 is 29.7 Å². The second-order valence-electron chi connectivity index (χ2n) is 14.4. The number of aliphatic hydroxyl groups is 1. The highest BCUT2D eigenvalue weighted by Gasteiger charge is 2.78. The van der Waals surface area contributed by atoms with Crippen LogP contribution < -0.4 is 11.5 Å². The number of ketones is 1. The quantitative estimate of drug-likeness (QED) is 0.0982. The van der Waals surface area contributed by atoms with Gasteiger partial charge in [-0.25, -0.2) is 9.59 Å². The minimum Gasteiger partial charge on any atom is -0.475 e. The molecule has 0 aromatic heterocycles. The Morgan fingerprint density at radius 2 is 1.54 bits per heavy atom. The van der Waals surface area contributed by atoms with Crippen molar-refractivity contribution in [3.63, 3.8) is 0 Å². The topological polar surface area (TPSA) is 226 Å². The van der Waals surface area contributed by atoms with E-state index in [1.165, 1.54) is 6.92 Å². The van der Waals surface area contributed by atoms with Crippen molar-refractivity contribution < 1.29 is 79.8 Å². The molecule has 4 fully saturated rings. The standard InChI is InChI=1S/C29H46N2O7.2C2HF3O2/c1-16-18-13-20(33)23-28(15-37-17(2)32)11-8-10-27(3,4)21(28)14-22(36-5)29(23,24(16)34)25(18)38-26(35)19(31)9-6-7-12-30;2*3-2(4,5)1(6)7/h18-23,25,33H,1,6-15,30-31H2,2-5H3;2*(H,6,7)/t18-,19-,20-,21+,22+,23-,25+,28-,29+;;/m0../s1. The van der Waals surface area contributed by atoms with Crippen LogP contribution in [0.25, 0.3) is 0 Å². The lowest BCUT2D eigenvalue weighted by molar-refractivity contribution is -0.272. The molecule has 0 saturated heterocycles. The number of methoxy groups -OCH3 is 1. The number of aliphatic hydroxyl groups excluding tert-OH is 1. The molecule has 0 unspecified atom stereocenters. The fourth-order valence-corrected chi connectivity index (χ4v) is 8.92. The molecule has 298 valence electrons. The number of hydrogen-bond acceptors (Lipinski definition) is 11. The summed E-state index contributed by atoms with van der Waals surface area (Å²) in [5.74, 6) is -7.83. The van der Waals surface area contributed by atoms with Gasteiger partial charge in [-0.3, -0.25) is 14.4 Å². The first-order valence-electron chi connectivity index (χ1n) is 16.6. The molecule has 0 aromatic carbocycles. The van der Waals surface area contributed by atoms with E-state index in [1.807, 2.05) is 0 Å². The van der Waals surface area contributed by atoms with Gasteiger partial charge >= 0.3 is 36.2 Å². The van der Waals surface area contributed by atoms with Gasteiger partial charge in [0.1, 0.15) is 17.6 Å². The molecule has 13 nitrogen and oxygen atoms in total. The number of fused-ring (bicyclic) bond motifs is 3. The van der Waals surface area contributed by atoms with Crippen molar-refractivity contribution in [1.82, 2.24) is 0 Å². The Morgan fingerprint density at radius 3 is 2.00 bits per heavy atom. The maximum Gasteiger partial charge on any atom is 0.490 e. The predicted molar refractivity (Wildman–Crippen MR) is 168 cm³/mol. The number of carbonyl (C=O) groups is 5. The molecule has 0 amide bonds. The van der Waals surface area contributed by atoms with E-state index in [9.17, 15) is 45.8 Å². The van der Waals surface area contributed by atoms with Gasteiger partial charge in [-0.15, -0.1) is 0 Å². The molecule has 7 N–H and O–H groups in total. The average molecular weight is 763 g/mol. The SMILES string of the molecule is C=C1C(=O)[C@]23[C@H](OC(=O)[C@@H](N)CCCCN)[C@H]1C[C@H](O)[C@H]2[C@]1(COC(C)=O)CCCC(C)(C)[C@H]1C[C@H]3OC.O=C(O)C(F)(F)F.O=C(O)C(F)(F)F. The van der Waals surface area contributed by atoms with E-state index >= 15 is 0 Å². The summed E-state index contributed by atoms with van der Waals surface area (Å²) >= 11 is 0. The van der Waals surface area contributed by atoms with Gasteiger partial charge in [0.15, 0.2) is 5.78 Å². The van der Waals surface area contributed by atoms with Crippen molar-refractivity contribution in [2.24, 2.45) is 45.5 Å². The number of Topliss-reactive ketones (excluding diaryl/α,β-unsaturated/α-hetero) is 1. The summed E-state index contributed by atoms with van der Waals surface area (Å²) in [6, 6.07) is -0.841. The molecule has 0 aliphatic heterocycles. The van der Waals surface area contributed by atoms with Gasteiger partial charge in [-0.1, -0.05) is 33.3 Å². The third kappa shape index (κ3) is 9.07. The Labute approximate surface area is 296 Å². The van der Waals surface area contributed by atoms with Crippen LogP contribution in [0.1, 0.15) is 72.1 Å². The normalized spacial score (nSPS) is 32.4. The highest BCUT2D eigenvalue weighted by molar-refractivity contribution is 6.05. The van der Waals surface area contributed by atoms with Crippen LogP contribution in [0.5, 0.6) is 0 Å². The van der Waals surface area contributed by atoms with Crippen LogP contribution in [0.3, 0.4) is 0 Å². The van der Waals surface area contributed by atoms with Gasteiger partial charge in [0.2, 0.25) is 0 Å². The Kier molecular flexibility index (Phi) is 14.5. The Hall–Kier alpha value is -3.29. The maximum atomic E-state index is 14.3. The molecule has 0 heterocycles. The summed E-state index contributed by atoms with van der Waals surface area (Å²) in [6.07, 6.45) is -7.31. The first-order valence-corrected chi connectivity index (χ1v) is 16.6. The minimum atomic E-state index is -5.08. The number of nitrogens with two attached hydrogens (primary N) is 2. The number of alkyl halides is 6. The van der Waals surface area contributed by atoms with Gasteiger partial charge in [0.25, 0.3) is 0 Å². The monoisotopic (exact) mass is 762 g/mol. The van der Waals surface area contributed by atoms with Crippen LogP contribution in [0.4, 0.5) is 26.3 Å². The van der Waals surface area contributed by atoms with Crippen molar-refractivity contribution in [3.8, 4) is 0 Å². The first kappa shape index (κ1) is 44.9. The number of carbonyl (C=O) groups excluding carboxylic acids is 3. The minimum absolute atomic E-state index is 0.0198. The predicted octanol–water partition coefficient (Wildman–Crippen LogP) is 3.54.